The molecule has 0 aliphatic carbocycles. The predicted octanol–water partition coefficient (Wildman–Crippen LogP) is 0.323. The quantitative estimate of drug-likeness (QED) is 0.392. The van der Waals surface area contributed by atoms with Crippen LogP contribution in [0.1, 0.15) is 46.6 Å². The number of nitrogens with zero attached hydrogens (tertiary/aromatic N) is 8. The maximum atomic E-state index is 13.1. The number of anilines is 2. The maximum absolute atomic E-state index is 13.1. The Morgan fingerprint density at radius 2 is 1.92 bits per heavy atom. The summed E-state index contributed by atoms with van der Waals surface area (Å²) in [5, 5.41) is 5.28. The van der Waals surface area contributed by atoms with Crippen LogP contribution in [0.3, 0.4) is 0 Å². The van der Waals surface area contributed by atoms with Gasteiger partial charge in [-0.3, -0.25) is 14.5 Å². The number of hydrogen-bond donors (Lipinski definition) is 0. The number of sulfone groups is 1. The van der Waals surface area contributed by atoms with Crippen LogP contribution in [-0.4, -0.2) is 94.6 Å². The van der Waals surface area contributed by atoms with E-state index in [2.05, 4.69) is 47.2 Å². The van der Waals surface area contributed by atoms with E-state index in [-0.39, 0.29) is 29.2 Å². The van der Waals surface area contributed by atoms with Gasteiger partial charge < -0.3 is 14.7 Å². The number of carbonyl (C=O) groups is 1. The molecule has 0 spiro atoms. The van der Waals surface area contributed by atoms with Gasteiger partial charge in [0.2, 0.25) is 5.91 Å². The van der Waals surface area contributed by atoms with Gasteiger partial charge in [-0.2, -0.15) is 5.10 Å². The van der Waals surface area contributed by atoms with Crippen LogP contribution >= 0.6 is 0 Å². The number of amides is 1. The number of aromatic nitrogens is 4. The summed E-state index contributed by atoms with van der Waals surface area (Å²) in [4.78, 5) is 33.3. The first-order chi connectivity index (χ1) is 18.4. The second-order valence-corrected chi connectivity index (χ2v) is 13.8. The van der Waals surface area contributed by atoms with Crippen LogP contribution in [0.15, 0.2) is 17.5 Å². The zero-order valence-corrected chi connectivity index (χ0v) is 24.4. The van der Waals surface area contributed by atoms with Crippen molar-refractivity contribution in [2.24, 2.45) is 4.99 Å². The minimum absolute atomic E-state index is 0.0460. The average molecular weight is 555 g/mol. The summed E-state index contributed by atoms with van der Waals surface area (Å²) in [5.41, 5.74) is 0.767. The largest absolute Gasteiger partial charge is 0.350 e. The van der Waals surface area contributed by atoms with Crippen molar-refractivity contribution < 1.29 is 13.2 Å². The molecule has 1 amide bonds. The van der Waals surface area contributed by atoms with Gasteiger partial charge in [0.15, 0.2) is 9.84 Å². The zero-order chi connectivity index (χ0) is 28.3. The molecule has 2 aromatic heterocycles. The van der Waals surface area contributed by atoms with E-state index in [4.69, 9.17) is 9.97 Å². The Bertz CT molecular complexity index is 1550. The van der Waals surface area contributed by atoms with Gasteiger partial charge in [0, 0.05) is 67.6 Å². The lowest BCUT2D eigenvalue weighted by Gasteiger charge is -2.47. The average Bonchev–Trinajstić information content (AvgIpc) is 3.38. The number of aryl methyl sites for hydroxylation is 1. The van der Waals surface area contributed by atoms with Crippen LogP contribution in [0.5, 0.6) is 0 Å². The Hall–Kier alpha value is -3.28. The zero-order valence-electron chi connectivity index (χ0n) is 23.6. The number of piperazine rings is 1. The molecular weight excluding hydrogens is 516 g/mol. The van der Waals surface area contributed by atoms with Crippen molar-refractivity contribution in [1.29, 1.82) is 0 Å². The fraction of sp³-hybridized carbons (Fsp3) is 0.593. The maximum Gasteiger partial charge on any atom is 0.241 e. The Balaban J connectivity index is 1.48. The Morgan fingerprint density at radius 3 is 2.54 bits per heavy atom. The molecule has 3 aliphatic heterocycles. The van der Waals surface area contributed by atoms with Crippen LogP contribution in [-0.2, 0) is 26.6 Å². The molecule has 2 fully saturated rings. The number of rotatable bonds is 4. The van der Waals surface area contributed by atoms with Crippen molar-refractivity contribution in [3.63, 3.8) is 0 Å². The summed E-state index contributed by atoms with van der Waals surface area (Å²) in [7, 11) is -1.52. The summed E-state index contributed by atoms with van der Waals surface area (Å²) >= 11 is 0. The van der Waals surface area contributed by atoms with E-state index in [9.17, 15) is 13.2 Å². The van der Waals surface area contributed by atoms with E-state index in [0.29, 0.717) is 26.1 Å². The molecule has 0 N–H and O–H groups in total. The van der Waals surface area contributed by atoms with Gasteiger partial charge in [-0.15, -0.1) is 0 Å². The Morgan fingerprint density at radius 1 is 1.21 bits per heavy atom. The van der Waals surface area contributed by atoms with Gasteiger partial charge in [-0.25, -0.2) is 18.4 Å². The minimum atomic E-state index is -3.30. The third kappa shape index (κ3) is 4.52. The van der Waals surface area contributed by atoms with E-state index in [1.807, 2.05) is 24.6 Å². The molecule has 0 radical (unpaired) electrons. The minimum Gasteiger partial charge on any atom is -0.350 e. The van der Waals surface area contributed by atoms with E-state index < -0.39 is 15.1 Å². The Kier molecular flexibility index (Phi) is 6.80. The fourth-order valence-electron chi connectivity index (χ4n) is 5.99. The number of amidine groups is 1. The van der Waals surface area contributed by atoms with Crippen LogP contribution in [0.4, 0.5) is 11.6 Å². The van der Waals surface area contributed by atoms with Gasteiger partial charge >= 0.3 is 0 Å². The molecule has 2 aromatic rings. The summed E-state index contributed by atoms with van der Waals surface area (Å²) in [5.74, 6) is 2.26. The molecule has 3 atom stereocenters. The van der Waals surface area contributed by atoms with Crippen LogP contribution in [0.25, 0.3) is 12.7 Å². The molecule has 210 valence electrons. The van der Waals surface area contributed by atoms with Crippen molar-refractivity contribution >= 4 is 45.9 Å². The molecule has 1 unspecified atom stereocenters. The summed E-state index contributed by atoms with van der Waals surface area (Å²) in [6.45, 7) is 17.0. The molecule has 2 saturated heterocycles. The number of hydrogen-bond acceptors (Lipinski definition) is 8. The van der Waals surface area contributed by atoms with Gasteiger partial charge in [0.25, 0.3) is 0 Å². The highest BCUT2D eigenvalue weighted by molar-refractivity contribution is 7.94. The molecule has 39 heavy (non-hydrogen) atoms. The molecule has 0 saturated carbocycles. The highest BCUT2D eigenvalue weighted by atomic mass is 32.2. The van der Waals surface area contributed by atoms with Crippen LogP contribution < -0.4 is 20.4 Å². The summed E-state index contributed by atoms with van der Waals surface area (Å²) < 4.78 is 26.2. The van der Waals surface area contributed by atoms with E-state index >= 15 is 0 Å². The van der Waals surface area contributed by atoms with Gasteiger partial charge in [0.1, 0.15) is 29.0 Å². The molecule has 12 heteroatoms. The molecule has 5 heterocycles. The standard InChI is InChI=1S/C27H38N8O3S/c1-8-35-20(17(2)12-31-35)11-22(28-7)34-15-27(5,6)23-24(29-16-30-25(23)34)32-13-19(4)33(14-18(32)3)26(36)21-9-10-39(21,37)38/h11-12,16,18-19,21H,2,8-10,13-15H2,1,3-7H3/b20-11+,28-22?/t18-,19+,21?/m0/s1. The van der Waals surface area contributed by atoms with Gasteiger partial charge in [0.05, 0.1) is 17.3 Å². The third-order valence-electron chi connectivity index (χ3n) is 8.24. The molecule has 3 aliphatic rings. The lowest BCUT2D eigenvalue weighted by Crippen LogP contribution is -2.62. The smallest absolute Gasteiger partial charge is 0.241 e. The van der Waals surface area contributed by atoms with E-state index in [1.54, 1.807) is 24.5 Å². The normalized spacial score (nSPS) is 26.5. The lowest BCUT2D eigenvalue weighted by molar-refractivity contribution is -0.134. The summed E-state index contributed by atoms with van der Waals surface area (Å²) in [6.07, 6.45) is 5.78. The van der Waals surface area contributed by atoms with Crippen molar-refractivity contribution in [2.45, 2.75) is 70.3 Å². The highest BCUT2D eigenvalue weighted by Crippen LogP contribution is 2.45. The van der Waals surface area contributed by atoms with Crippen molar-refractivity contribution in [2.75, 3.05) is 42.2 Å². The molecule has 5 rings (SSSR count). The van der Waals surface area contributed by atoms with Crippen molar-refractivity contribution in [1.82, 2.24) is 24.6 Å². The number of carbonyl (C=O) groups excluding carboxylic acids is 1. The second kappa shape index (κ2) is 9.72. The Labute approximate surface area is 229 Å². The van der Waals surface area contributed by atoms with Crippen molar-refractivity contribution in [3.05, 3.63) is 28.7 Å². The van der Waals surface area contributed by atoms with E-state index in [0.717, 1.165) is 40.1 Å². The highest BCUT2D eigenvalue weighted by Gasteiger charge is 2.47. The predicted molar refractivity (Wildman–Crippen MR) is 153 cm³/mol. The first kappa shape index (κ1) is 27.3. The number of aliphatic imine (C=N–C) groups is 1. The van der Waals surface area contributed by atoms with E-state index in [1.165, 1.54) is 0 Å². The second-order valence-electron chi connectivity index (χ2n) is 11.4. The van der Waals surface area contributed by atoms with Crippen molar-refractivity contribution in [3.8, 4) is 0 Å². The first-order valence-corrected chi connectivity index (χ1v) is 15.2. The monoisotopic (exact) mass is 554 g/mol. The topological polar surface area (TPSA) is 117 Å². The first-order valence-electron chi connectivity index (χ1n) is 13.5. The fourth-order valence-corrected chi connectivity index (χ4v) is 7.29. The molecule has 11 nitrogen and oxygen atoms in total. The van der Waals surface area contributed by atoms with Gasteiger partial charge in [-0.1, -0.05) is 20.4 Å². The molecule has 0 aromatic carbocycles. The number of fused-ring (bicyclic) bond motifs is 1. The summed E-state index contributed by atoms with van der Waals surface area (Å²) in [6, 6.07) is -0.197. The molecular formula is C27H38N8O3S. The SMILES string of the molecule is C=c1cnn(CC)/c1=C/C(=NC)N1CC(C)(C)c2c1ncnc2N1C[C@@H](C)N(C(=O)C2CCS2(=O)=O)C[C@@H]1C. The van der Waals surface area contributed by atoms with Gasteiger partial charge in [-0.05, 0) is 27.2 Å². The van der Waals surface area contributed by atoms with Crippen LogP contribution in [0.2, 0.25) is 0 Å². The third-order valence-corrected chi connectivity index (χ3v) is 10.3. The molecule has 0 bridgehead atoms. The lowest BCUT2D eigenvalue weighted by atomic mass is 9.87. The van der Waals surface area contributed by atoms with Crippen LogP contribution in [0, 0.1) is 0 Å².